The van der Waals surface area contributed by atoms with E-state index in [2.05, 4.69) is 20.6 Å². The summed E-state index contributed by atoms with van der Waals surface area (Å²) >= 11 is 0. The normalized spacial score (nSPS) is 14.5. The molecule has 0 saturated heterocycles. The number of aromatic nitrogens is 2. The highest BCUT2D eigenvalue weighted by atomic mass is 19.1. The molecule has 1 fully saturated rings. The van der Waals surface area contributed by atoms with Gasteiger partial charge in [0.2, 0.25) is 5.95 Å². The van der Waals surface area contributed by atoms with E-state index in [0.29, 0.717) is 30.6 Å². The minimum Gasteiger partial charge on any atom is -0.351 e. The molecule has 0 bridgehead atoms. The summed E-state index contributed by atoms with van der Waals surface area (Å²) in [4.78, 5) is 21.1. The lowest BCUT2D eigenvalue weighted by molar-refractivity contribution is 0.0949. The molecule has 6 heteroatoms. The van der Waals surface area contributed by atoms with E-state index in [4.69, 9.17) is 0 Å². The average molecular weight is 342 g/mol. The number of carbonyl (C=O) groups excluding carboxylic acids is 1. The molecule has 0 spiro atoms. The Balaban J connectivity index is 1.57. The van der Waals surface area contributed by atoms with Gasteiger partial charge in [0.15, 0.2) is 0 Å². The number of hydrogen-bond acceptors (Lipinski definition) is 4. The Morgan fingerprint density at radius 2 is 1.92 bits per heavy atom. The maximum absolute atomic E-state index is 12.9. The van der Waals surface area contributed by atoms with Crippen molar-refractivity contribution >= 4 is 11.9 Å². The molecule has 0 unspecified atom stereocenters. The van der Waals surface area contributed by atoms with Crippen LogP contribution < -0.4 is 10.6 Å². The van der Waals surface area contributed by atoms with Crippen LogP contribution in [-0.4, -0.2) is 28.5 Å². The number of carbonyl (C=O) groups is 1. The Hall–Kier alpha value is -2.50. The third-order valence-electron chi connectivity index (χ3n) is 4.39. The second-order valence-corrected chi connectivity index (χ2v) is 6.48. The van der Waals surface area contributed by atoms with Crippen LogP contribution in [0.3, 0.4) is 0 Å². The van der Waals surface area contributed by atoms with Crippen molar-refractivity contribution in [3.05, 3.63) is 53.1 Å². The van der Waals surface area contributed by atoms with E-state index < -0.39 is 0 Å². The smallest absolute Gasteiger partial charge is 0.270 e. The van der Waals surface area contributed by atoms with Gasteiger partial charge in [-0.05, 0) is 49.9 Å². The zero-order chi connectivity index (χ0) is 17.6. The minimum absolute atomic E-state index is 0.220. The molecule has 0 aliphatic heterocycles. The van der Waals surface area contributed by atoms with Crippen LogP contribution in [0.15, 0.2) is 30.3 Å². The standard InChI is InChI=1S/C19H23FN4O/c1-13-12-17(24-19(22-13)23-16-4-2-3-5-16)18(25)21-11-10-14-6-8-15(20)9-7-14/h6-9,12,16H,2-5,10-11H2,1H3,(H,21,25)(H,22,23,24). The largest absolute Gasteiger partial charge is 0.351 e. The molecule has 5 nitrogen and oxygen atoms in total. The van der Waals surface area contributed by atoms with Gasteiger partial charge in [-0.3, -0.25) is 4.79 Å². The van der Waals surface area contributed by atoms with Crippen molar-refractivity contribution < 1.29 is 9.18 Å². The minimum atomic E-state index is -0.258. The van der Waals surface area contributed by atoms with E-state index in [1.165, 1.54) is 25.0 Å². The third kappa shape index (κ3) is 4.98. The van der Waals surface area contributed by atoms with Gasteiger partial charge >= 0.3 is 0 Å². The summed E-state index contributed by atoms with van der Waals surface area (Å²) in [7, 11) is 0. The number of amides is 1. The number of nitrogens with one attached hydrogen (secondary N) is 2. The molecule has 25 heavy (non-hydrogen) atoms. The van der Waals surface area contributed by atoms with E-state index in [9.17, 15) is 9.18 Å². The van der Waals surface area contributed by atoms with Crippen molar-refractivity contribution in [2.24, 2.45) is 0 Å². The Bertz CT molecular complexity index is 727. The number of nitrogens with zero attached hydrogens (tertiary/aromatic N) is 2. The fourth-order valence-electron chi connectivity index (χ4n) is 3.06. The molecule has 1 aromatic heterocycles. The SMILES string of the molecule is Cc1cc(C(=O)NCCc2ccc(F)cc2)nc(NC2CCCC2)n1. The summed E-state index contributed by atoms with van der Waals surface area (Å²) in [5.74, 6) is 0.0456. The summed E-state index contributed by atoms with van der Waals surface area (Å²) in [6.45, 7) is 2.33. The zero-order valence-corrected chi connectivity index (χ0v) is 14.4. The predicted molar refractivity (Wildman–Crippen MR) is 95.1 cm³/mol. The van der Waals surface area contributed by atoms with Crippen LogP contribution in [0, 0.1) is 12.7 Å². The van der Waals surface area contributed by atoms with E-state index in [1.54, 1.807) is 18.2 Å². The summed E-state index contributed by atoms with van der Waals surface area (Å²) in [5, 5.41) is 6.19. The maximum Gasteiger partial charge on any atom is 0.270 e. The number of aryl methyl sites for hydroxylation is 1. The molecule has 1 aromatic carbocycles. The number of anilines is 1. The highest BCUT2D eigenvalue weighted by Gasteiger charge is 2.17. The number of rotatable bonds is 6. The predicted octanol–water partition coefficient (Wildman–Crippen LogP) is 3.25. The Labute approximate surface area is 147 Å². The van der Waals surface area contributed by atoms with Gasteiger partial charge in [0.25, 0.3) is 5.91 Å². The van der Waals surface area contributed by atoms with Crippen molar-refractivity contribution in [1.29, 1.82) is 0 Å². The number of benzene rings is 1. The summed E-state index contributed by atoms with van der Waals surface area (Å²) in [5.41, 5.74) is 2.11. The maximum atomic E-state index is 12.9. The Morgan fingerprint density at radius 1 is 1.20 bits per heavy atom. The van der Waals surface area contributed by atoms with E-state index in [1.807, 2.05) is 6.92 Å². The van der Waals surface area contributed by atoms with Gasteiger partial charge in [0.05, 0.1) is 0 Å². The van der Waals surface area contributed by atoms with Crippen molar-refractivity contribution in [3.63, 3.8) is 0 Å². The molecule has 1 aliphatic carbocycles. The van der Waals surface area contributed by atoms with Gasteiger partial charge in [-0.15, -0.1) is 0 Å². The summed E-state index contributed by atoms with van der Waals surface area (Å²) in [6.07, 6.45) is 5.33. The molecule has 132 valence electrons. The van der Waals surface area contributed by atoms with E-state index in [0.717, 1.165) is 24.1 Å². The van der Waals surface area contributed by atoms with Crippen molar-refractivity contribution in [3.8, 4) is 0 Å². The van der Waals surface area contributed by atoms with Crippen LogP contribution in [0.4, 0.5) is 10.3 Å². The first-order valence-corrected chi connectivity index (χ1v) is 8.75. The molecule has 2 N–H and O–H groups in total. The first-order valence-electron chi connectivity index (χ1n) is 8.75. The molecule has 0 atom stereocenters. The van der Waals surface area contributed by atoms with Crippen molar-refractivity contribution in [2.75, 3.05) is 11.9 Å². The Morgan fingerprint density at radius 3 is 2.64 bits per heavy atom. The lowest BCUT2D eigenvalue weighted by Crippen LogP contribution is -2.27. The van der Waals surface area contributed by atoms with Gasteiger partial charge in [0.1, 0.15) is 11.5 Å². The monoisotopic (exact) mass is 342 g/mol. The van der Waals surface area contributed by atoms with Gasteiger partial charge in [-0.2, -0.15) is 0 Å². The average Bonchev–Trinajstić information content (AvgIpc) is 3.09. The Kier molecular flexibility index (Phi) is 5.58. The lowest BCUT2D eigenvalue weighted by atomic mass is 10.1. The highest BCUT2D eigenvalue weighted by molar-refractivity contribution is 5.92. The fraction of sp³-hybridized carbons (Fsp3) is 0.421. The van der Waals surface area contributed by atoms with Crippen LogP contribution in [-0.2, 0) is 6.42 Å². The van der Waals surface area contributed by atoms with Crippen LogP contribution in [0.5, 0.6) is 0 Å². The zero-order valence-electron chi connectivity index (χ0n) is 14.4. The molecule has 0 radical (unpaired) electrons. The van der Waals surface area contributed by atoms with E-state index in [-0.39, 0.29) is 11.7 Å². The van der Waals surface area contributed by atoms with Gasteiger partial charge < -0.3 is 10.6 Å². The van der Waals surface area contributed by atoms with Gasteiger partial charge in [-0.25, -0.2) is 14.4 Å². The molecule has 1 saturated carbocycles. The third-order valence-corrected chi connectivity index (χ3v) is 4.39. The number of hydrogen-bond donors (Lipinski definition) is 2. The van der Waals surface area contributed by atoms with Crippen molar-refractivity contribution in [2.45, 2.75) is 45.1 Å². The first-order chi connectivity index (χ1) is 12.1. The van der Waals surface area contributed by atoms with Crippen LogP contribution in [0.2, 0.25) is 0 Å². The van der Waals surface area contributed by atoms with Gasteiger partial charge in [0, 0.05) is 18.3 Å². The number of halogens is 1. The topological polar surface area (TPSA) is 66.9 Å². The highest BCUT2D eigenvalue weighted by Crippen LogP contribution is 2.21. The second-order valence-electron chi connectivity index (χ2n) is 6.48. The van der Waals surface area contributed by atoms with Gasteiger partial charge in [-0.1, -0.05) is 25.0 Å². The van der Waals surface area contributed by atoms with E-state index >= 15 is 0 Å². The van der Waals surface area contributed by atoms with Crippen molar-refractivity contribution in [1.82, 2.24) is 15.3 Å². The quantitative estimate of drug-likeness (QED) is 0.846. The summed E-state index contributed by atoms with van der Waals surface area (Å²) < 4.78 is 12.9. The molecule has 2 aromatic rings. The summed E-state index contributed by atoms with van der Waals surface area (Å²) in [6, 6.07) is 8.38. The van der Waals surface area contributed by atoms with Crippen LogP contribution in [0.1, 0.15) is 47.4 Å². The van der Waals surface area contributed by atoms with Crippen LogP contribution >= 0.6 is 0 Å². The van der Waals surface area contributed by atoms with Crippen LogP contribution in [0.25, 0.3) is 0 Å². The lowest BCUT2D eigenvalue weighted by Gasteiger charge is -2.13. The molecule has 1 heterocycles. The first kappa shape index (κ1) is 17.3. The molecular weight excluding hydrogens is 319 g/mol. The fourth-order valence-corrected chi connectivity index (χ4v) is 3.06. The molecule has 1 aliphatic rings. The molecular formula is C19H23FN4O. The molecule has 3 rings (SSSR count). The second kappa shape index (κ2) is 8.05. The molecule has 1 amide bonds.